The zero-order valence-electron chi connectivity index (χ0n) is 10.6. The molecule has 1 fully saturated rings. The van der Waals surface area contributed by atoms with Gasteiger partial charge in [-0.1, -0.05) is 0 Å². The van der Waals surface area contributed by atoms with Crippen LogP contribution >= 0.6 is 0 Å². The van der Waals surface area contributed by atoms with E-state index in [1.54, 1.807) is 7.11 Å². The Morgan fingerprint density at radius 3 is 2.59 bits per heavy atom. The van der Waals surface area contributed by atoms with Crippen LogP contribution in [0.15, 0.2) is 6.07 Å². The number of nitrogens with two attached hydrogens (primary N) is 1. The summed E-state index contributed by atoms with van der Waals surface area (Å²) in [6, 6.07) is 2.24. The van der Waals surface area contributed by atoms with E-state index in [4.69, 9.17) is 10.5 Å². The van der Waals surface area contributed by atoms with Crippen molar-refractivity contribution in [2.24, 2.45) is 0 Å². The maximum atomic E-state index is 6.19. The Morgan fingerprint density at radius 1 is 1.29 bits per heavy atom. The maximum Gasteiger partial charge on any atom is 0.127 e. The lowest BCUT2D eigenvalue weighted by Gasteiger charge is -2.12. The maximum absolute atomic E-state index is 6.19. The van der Waals surface area contributed by atoms with E-state index in [2.05, 4.69) is 18.0 Å². The molecule has 2 aromatic rings. The molecule has 3 rings (SSSR count). The van der Waals surface area contributed by atoms with Gasteiger partial charge in [0.15, 0.2) is 0 Å². The fourth-order valence-corrected chi connectivity index (χ4v) is 2.62. The van der Waals surface area contributed by atoms with Gasteiger partial charge in [0, 0.05) is 22.2 Å². The van der Waals surface area contributed by atoms with E-state index in [0.717, 1.165) is 22.5 Å². The molecule has 3 heteroatoms. The smallest absolute Gasteiger partial charge is 0.127 e. The highest BCUT2D eigenvalue weighted by molar-refractivity contribution is 5.97. The number of aryl methyl sites for hydroxylation is 1. The molecule has 17 heavy (non-hydrogen) atoms. The highest BCUT2D eigenvalue weighted by Gasteiger charge is 2.26. The van der Waals surface area contributed by atoms with Gasteiger partial charge in [-0.15, -0.1) is 0 Å². The first-order chi connectivity index (χ1) is 8.13. The first-order valence-corrected chi connectivity index (χ1v) is 6.08. The molecule has 0 aliphatic heterocycles. The predicted octanol–water partition coefficient (Wildman–Crippen LogP) is 3.25. The number of aromatic nitrogens is 1. The van der Waals surface area contributed by atoms with Gasteiger partial charge in [-0.05, 0) is 38.7 Å². The lowest BCUT2D eigenvalue weighted by molar-refractivity contribution is 0.409. The Labute approximate surface area is 101 Å². The molecule has 0 bridgehead atoms. The lowest BCUT2D eigenvalue weighted by Crippen LogP contribution is -1.98. The van der Waals surface area contributed by atoms with Crippen LogP contribution in [0, 0.1) is 13.8 Å². The standard InChI is InChI=1S/C14H18N2O/c1-7-10-6-11(9-4-5-9)16-13(10)12(15)8(2)14(7)17-3/h6,9,16H,4-5,15H2,1-3H3. The highest BCUT2D eigenvalue weighted by atomic mass is 16.5. The Kier molecular flexibility index (Phi) is 2.12. The van der Waals surface area contributed by atoms with Crippen molar-refractivity contribution in [2.45, 2.75) is 32.6 Å². The number of benzene rings is 1. The summed E-state index contributed by atoms with van der Waals surface area (Å²) in [7, 11) is 1.70. The molecular formula is C14H18N2O. The first kappa shape index (κ1) is 10.5. The number of aromatic amines is 1. The molecule has 0 atom stereocenters. The van der Waals surface area contributed by atoms with E-state index < -0.39 is 0 Å². The molecule has 0 unspecified atom stereocenters. The van der Waals surface area contributed by atoms with Crippen molar-refractivity contribution >= 4 is 16.6 Å². The number of hydrogen-bond acceptors (Lipinski definition) is 2. The molecule has 90 valence electrons. The van der Waals surface area contributed by atoms with E-state index in [9.17, 15) is 0 Å². The number of H-pyrrole nitrogens is 1. The summed E-state index contributed by atoms with van der Waals surface area (Å²) in [6.45, 7) is 4.11. The molecule has 3 nitrogen and oxygen atoms in total. The first-order valence-electron chi connectivity index (χ1n) is 6.08. The zero-order valence-corrected chi connectivity index (χ0v) is 10.6. The largest absolute Gasteiger partial charge is 0.496 e. The number of anilines is 1. The third-order valence-corrected chi connectivity index (χ3v) is 3.82. The van der Waals surface area contributed by atoms with Crippen LogP contribution in [0.2, 0.25) is 0 Å². The van der Waals surface area contributed by atoms with Crippen molar-refractivity contribution in [1.82, 2.24) is 4.98 Å². The summed E-state index contributed by atoms with van der Waals surface area (Å²) >= 11 is 0. The second-order valence-electron chi connectivity index (χ2n) is 4.98. The quantitative estimate of drug-likeness (QED) is 0.778. The van der Waals surface area contributed by atoms with Gasteiger partial charge >= 0.3 is 0 Å². The highest BCUT2D eigenvalue weighted by Crippen LogP contribution is 2.43. The Hall–Kier alpha value is -1.64. The third kappa shape index (κ3) is 1.42. The van der Waals surface area contributed by atoms with Crippen LogP contribution in [0.4, 0.5) is 5.69 Å². The van der Waals surface area contributed by atoms with Gasteiger partial charge in [0.1, 0.15) is 5.75 Å². The van der Waals surface area contributed by atoms with Crippen molar-refractivity contribution in [3.8, 4) is 5.75 Å². The van der Waals surface area contributed by atoms with Crippen LogP contribution in [-0.4, -0.2) is 12.1 Å². The fourth-order valence-electron chi connectivity index (χ4n) is 2.62. The summed E-state index contributed by atoms with van der Waals surface area (Å²) in [5.41, 5.74) is 11.6. The second-order valence-corrected chi connectivity index (χ2v) is 4.98. The molecule has 0 radical (unpaired) electrons. The van der Waals surface area contributed by atoms with E-state index in [1.807, 2.05) is 6.92 Å². The summed E-state index contributed by atoms with van der Waals surface area (Å²) in [5.74, 6) is 1.63. The monoisotopic (exact) mass is 230 g/mol. The minimum Gasteiger partial charge on any atom is -0.496 e. The minimum absolute atomic E-state index is 0.715. The average Bonchev–Trinajstić information content (AvgIpc) is 3.06. The van der Waals surface area contributed by atoms with E-state index in [1.165, 1.54) is 29.5 Å². The van der Waals surface area contributed by atoms with Crippen LogP contribution < -0.4 is 10.5 Å². The molecule has 0 spiro atoms. The molecule has 1 aliphatic rings. The SMILES string of the molecule is COc1c(C)c(N)c2[nH]c(C3CC3)cc2c1C. The van der Waals surface area contributed by atoms with E-state index in [0.29, 0.717) is 5.92 Å². The normalized spacial score (nSPS) is 15.5. The summed E-state index contributed by atoms with van der Waals surface area (Å²) in [6.07, 6.45) is 2.59. The number of nitrogen functional groups attached to an aromatic ring is 1. The molecular weight excluding hydrogens is 212 g/mol. The fraction of sp³-hybridized carbons (Fsp3) is 0.429. The molecule has 0 amide bonds. The molecule has 0 saturated heterocycles. The van der Waals surface area contributed by atoms with Crippen LogP contribution in [0.25, 0.3) is 10.9 Å². The lowest BCUT2D eigenvalue weighted by atomic mass is 10.0. The van der Waals surface area contributed by atoms with Gasteiger partial charge in [-0.3, -0.25) is 0 Å². The second kappa shape index (κ2) is 3.42. The predicted molar refractivity (Wildman–Crippen MR) is 70.7 cm³/mol. The molecule has 1 saturated carbocycles. The van der Waals surface area contributed by atoms with Gasteiger partial charge in [0.05, 0.1) is 18.3 Å². The van der Waals surface area contributed by atoms with Gasteiger partial charge in [0.2, 0.25) is 0 Å². The minimum atomic E-state index is 0.715. The van der Waals surface area contributed by atoms with Crippen LogP contribution in [0.1, 0.15) is 35.6 Å². The average molecular weight is 230 g/mol. The van der Waals surface area contributed by atoms with Crippen LogP contribution in [0.5, 0.6) is 5.75 Å². The Bertz CT molecular complexity index is 594. The number of hydrogen-bond donors (Lipinski definition) is 2. The Morgan fingerprint density at radius 2 is 2.00 bits per heavy atom. The van der Waals surface area contributed by atoms with Crippen LogP contribution in [-0.2, 0) is 0 Å². The number of ether oxygens (including phenoxy) is 1. The summed E-state index contributed by atoms with van der Waals surface area (Å²) in [5, 5.41) is 1.20. The third-order valence-electron chi connectivity index (χ3n) is 3.82. The summed E-state index contributed by atoms with van der Waals surface area (Å²) < 4.78 is 5.46. The van der Waals surface area contributed by atoms with Crippen molar-refractivity contribution in [3.05, 3.63) is 22.9 Å². The molecule has 3 N–H and O–H groups in total. The number of nitrogens with one attached hydrogen (secondary N) is 1. The van der Waals surface area contributed by atoms with Crippen LogP contribution in [0.3, 0.4) is 0 Å². The van der Waals surface area contributed by atoms with E-state index in [-0.39, 0.29) is 0 Å². The number of rotatable bonds is 2. The van der Waals surface area contributed by atoms with Gasteiger partial charge in [-0.25, -0.2) is 0 Å². The summed E-state index contributed by atoms with van der Waals surface area (Å²) in [4.78, 5) is 3.48. The molecule has 1 aromatic heterocycles. The van der Waals surface area contributed by atoms with Crippen molar-refractivity contribution in [3.63, 3.8) is 0 Å². The molecule has 1 aliphatic carbocycles. The van der Waals surface area contributed by atoms with Crippen molar-refractivity contribution in [2.75, 3.05) is 12.8 Å². The van der Waals surface area contributed by atoms with E-state index >= 15 is 0 Å². The van der Waals surface area contributed by atoms with Gasteiger partial charge < -0.3 is 15.5 Å². The molecule has 1 heterocycles. The number of fused-ring (bicyclic) bond motifs is 1. The van der Waals surface area contributed by atoms with Gasteiger partial charge in [-0.2, -0.15) is 0 Å². The van der Waals surface area contributed by atoms with Crippen molar-refractivity contribution in [1.29, 1.82) is 0 Å². The Balaban J connectivity index is 2.33. The topological polar surface area (TPSA) is 51.0 Å². The molecule has 1 aromatic carbocycles. The van der Waals surface area contributed by atoms with Crippen molar-refractivity contribution < 1.29 is 4.74 Å². The number of methoxy groups -OCH3 is 1. The zero-order chi connectivity index (χ0) is 12.2. The van der Waals surface area contributed by atoms with Gasteiger partial charge in [0.25, 0.3) is 0 Å².